The molecule has 4 aromatic rings. The fourth-order valence-corrected chi connectivity index (χ4v) is 3.13. The molecule has 1 atom stereocenters. The average molecular weight is 481 g/mol. The van der Waals surface area contributed by atoms with Gasteiger partial charge in [0.2, 0.25) is 0 Å². The Hall–Kier alpha value is -3.71. The Kier molecular flexibility index (Phi) is 5.91. The number of aliphatic hydroxyl groups excluding tert-OH is 1. The molecule has 0 aliphatic rings. The van der Waals surface area contributed by atoms with E-state index in [4.69, 9.17) is 17.3 Å². The van der Waals surface area contributed by atoms with Crippen molar-refractivity contribution in [2.24, 2.45) is 0 Å². The zero-order valence-corrected chi connectivity index (χ0v) is 17.4. The number of nitrogens with two attached hydrogens (primary N) is 1. The average Bonchev–Trinajstić information content (AvgIpc) is 3.34. The van der Waals surface area contributed by atoms with Gasteiger partial charge in [-0.05, 0) is 30.3 Å². The molecule has 14 heteroatoms. The van der Waals surface area contributed by atoms with Crippen molar-refractivity contribution < 1.29 is 18.3 Å². The number of aromatic nitrogens is 7. The van der Waals surface area contributed by atoms with E-state index in [1.54, 1.807) is 6.07 Å². The summed E-state index contributed by atoms with van der Waals surface area (Å²) < 4.78 is 41.9. The van der Waals surface area contributed by atoms with Crippen molar-refractivity contribution in [2.75, 3.05) is 5.73 Å². The van der Waals surface area contributed by atoms with Crippen LogP contribution in [0.25, 0.3) is 17.1 Å². The Morgan fingerprint density at radius 3 is 2.55 bits per heavy atom. The van der Waals surface area contributed by atoms with Gasteiger partial charge in [0, 0.05) is 16.8 Å². The molecule has 4 rings (SSSR count). The maximum atomic E-state index is 13.0. The Bertz CT molecular complexity index is 1330. The van der Waals surface area contributed by atoms with Crippen molar-refractivity contribution in [1.82, 2.24) is 34.1 Å². The van der Waals surface area contributed by atoms with Crippen molar-refractivity contribution in [3.8, 4) is 17.1 Å². The summed E-state index contributed by atoms with van der Waals surface area (Å²) in [7, 11) is 0. The quantitative estimate of drug-likeness (QED) is 0.431. The van der Waals surface area contributed by atoms with Crippen LogP contribution in [0.4, 0.5) is 18.9 Å². The van der Waals surface area contributed by atoms with E-state index in [1.807, 2.05) is 0 Å². The van der Waals surface area contributed by atoms with Gasteiger partial charge >= 0.3 is 11.9 Å². The maximum Gasteiger partial charge on any atom is 0.416 e. The topological polar surface area (TPSA) is 130 Å². The molecule has 1 aromatic carbocycles. The number of alkyl halides is 3. The Morgan fingerprint density at radius 2 is 1.88 bits per heavy atom. The zero-order chi connectivity index (χ0) is 23.8. The van der Waals surface area contributed by atoms with Crippen LogP contribution in [-0.2, 0) is 13.1 Å². The molecule has 0 aliphatic carbocycles. The van der Waals surface area contributed by atoms with E-state index in [1.165, 1.54) is 47.7 Å². The van der Waals surface area contributed by atoms with Gasteiger partial charge in [-0.2, -0.15) is 13.2 Å². The van der Waals surface area contributed by atoms with Gasteiger partial charge < -0.3 is 10.8 Å². The number of nitrogens with zero attached hydrogens (tertiary/aromatic N) is 7. The fraction of sp³-hybridized carbons (Fsp3) is 0.211. The number of aliphatic hydroxyl groups is 1. The third-order valence-electron chi connectivity index (χ3n) is 4.67. The van der Waals surface area contributed by atoms with E-state index >= 15 is 0 Å². The van der Waals surface area contributed by atoms with E-state index in [2.05, 4.69) is 20.2 Å². The first-order chi connectivity index (χ1) is 15.6. The van der Waals surface area contributed by atoms with E-state index in [0.717, 1.165) is 9.25 Å². The molecule has 0 unspecified atom stereocenters. The second-order valence-electron chi connectivity index (χ2n) is 6.98. The van der Waals surface area contributed by atoms with Crippen LogP contribution in [0.2, 0.25) is 5.02 Å². The lowest BCUT2D eigenvalue weighted by molar-refractivity contribution is -0.207. The first-order valence-electron chi connectivity index (χ1n) is 9.42. The number of hydrogen-bond donors (Lipinski definition) is 2. The van der Waals surface area contributed by atoms with Crippen LogP contribution in [0, 0.1) is 0 Å². The molecule has 0 bridgehead atoms. The predicted molar refractivity (Wildman–Crippen MR) is 112 cm³/mol. The van der Waals surface area contributed by atoms with E-state index in [0.29, 0.717) is 22.0 Å². The fourth-order valence-electron chi connectivity index (χ4n) is 3.01. The lowest BCUT2D eigenvalue weighted by atomic mass is 10.2. The van der Waals surface area contributed by atoms with Gasteiger partial charge in [-0.3, -0.25) is 9.55 Å². The molecule has 0 radical (unpaired) electrons. The van der Waals surface area contributed by atoms with Gasteiger partial charge in [-0.1, -0.05) is 11.6 Å². The zero-order valence-electron chi connectivity index (χ0n) is 16.7. The van der Waals surface area contributed by atoms with Gasteiger partial charge in [0.1, 0.15) is 18.6 Å². The first kappa shape index (κ1) is 22.5. The predicted octanol–water partition coefficient (Wildman–Crippen LogP) is 1.89. The van der Waals surface area contributed by atoms with Crippen molar-refractivity contribution in [1.29, 1.82) is 0 Å². The molecule has 0 fully saturated rings. The first-order valence-corrected chi connectivity index (χ1v) is 9.80. The summed E-state index contributed by atoms with van der Waals surface area (Å²) in [6.45, 7) is -1.27. The van der Waals surface area contributed by atoms with Crippen LogP contribution in [-0.4, -0.2) is 51.5 Å². The number of nitrogen functional groups attached to an aromatic ring is 1. The number of pyridine rings is 1. The highest BCUT2D eigenvalue weighted by Crippen LogP contribution is 2.24. The monoisotopic (exact) mass is 480 g/mol. The van der Waals surface area contributed by atoms with Gasteiger partial charge in [-0.15, -0.1) is 10.2 Å². The minimum absolute atomic E-state index is 0.0732. The van der Waals surface area contributed by atoms with Crippen LogP contribution in [0.3, 0.4) is 0 Å². The summed E-state index contributed by atoms with van der Waals surface area (Å²) in [5.41, 5.74) is 6.22. The van der Waals surface area contributed by atoms with E-state index < -0.39 is 24.5 Å². The SMILES string of the molecule is Nc1ccncc1-n1cnc(Cn2nc(-c3ccc(Cl)cc3)n(C[C@H](O)C(F)(F)F)c2=O)n1. The summed E-state index contributed by atoms with van der Waals surface area (Å²) in [4.78, 5) is 21.0. The van der Waals surface area contributed by atoms with Gasteiger partial charge in [-0.25, -0.2) is 19.1 Å². The maximum absolute atomic E-state index is 13.0. The number of halogens is 4. The molecule has 172 valence electrons. The van der Waals surface area contributed by atoms with Crippen molar-refractivity contribution >= 4 is 17.3 Å². The largest absolute Gasteiger partial charge is 0.416 e. The Morgan fingerprint density at radius 1 is 1.15 bits per heavy atom. The molecular weight excluding hydrogens is 465 g/mol. The van der Waals surface area contributed by atoms with Crippen molar-refractivity contribution in [2.45, 2.75) is 25.4 Å². The minimum atomic E-state index is -4.91. The van der Waals surface area contributed by atoms with Gasteiger partial charge in [0.15, 0.2) is 17.8 Å². The van der Waals surface area contributed by atoms with Crippen LogP contribution < -0.4 is 11.4 Å². The smallest absolute Gasteiger partial charge is 0.397 e. The van der Waals surface area contributed by atoms with Crippen molar-refractivity contribution in [3.05, 3.63) is 70.4 Å². The van der Waals surface area contributed by atoms with Crippen LogP contribution in [0.5, 0.6) is 0 Å². The standard InChI is InChI=1S/C19H16ClF3N8O2/c20-12-3-1-11(2-4-12)17-28-30(18(33)29(17)8-15(32)19(21,22)23)9-16-26-10-31(27-16)14-7-25-6-5-13(14)24/h1-7,10,15,32H,8-9H2,(H2,24,25)/t15-/m0/s1. The second kappa shape index (κ2) is 8.67. The molecular formula is C19H16ClF3N8O2. The van der Waals surface area contributed by atoms with Crippen LogP contribution in [0.1, 0.15) is 5.82 Å². The molecule has 0 spiro atoms. The van der Waals surface area contributed by atoms with E-state index in [-0.39, 0.29) is 18.2 Å². The lowest BCUT2D eigenvalue weighted by Crippen LogP contribution is -2.37. The number of hydrogen-bond acceptors (Lipinski definition) is 7. The normalized spacial score (nSPS) is 12.8. The van der Waals surface area contributed by atoms with Gasteiger partial charge in [0.05, 0.1) is 18.4 Å². The summed E-state index contributed by atoms with van der Waals surface area (Å²) >= 11 is 5.88. The highest BCUT2D eigenvalue weighted by molar-refractivity contribution is 6.30. The molecule has 0 amide bonds. The van der Waals surface area contributed by atoms with E-state index in [9.17, 15) is 23.1 Å². The van der Waals surface area contributed by atoms with Crippen LogP contribution >= 0.6 is 11.6 Å². The molecule has 33 heavy (non-hydrogen) atoms. The highest BCUT2D eigenvalue weighted by atomic mass is 35.5. The van der Waals surface area contributed by atoms with Crippen molar-refractivity contribution in [3.63, 3.8) is 0 Å². The summed E-state index contributed by atoms with van der Waals surface area (Å²) in [5, 5.41) is 18.3. The summed E-state index contributed by atoms with van der Waals surface area (Å²) in [6.07, 6.45) is -3.33. The summed E-state index contributed by atoms with van der Waals surface area (Å²) in [6, 6.07) is 7.60. The number of rotatable bonds is 6. The molecule has 0 saturated carbocycles. The molecule has 3 heterocycles. The van der Waals surface area contributed by atoms with Gasteiger partial charge in [0.25, 0.3) is 0 Å². The Labute approximate surface area is 188 Å². The molecule has 3 aromatic heterocycles. The Balaban J connectivity index is 1.71. The number of benzene rings is 1. The second-order valence-corrected chi connectivity index (χ2v) is 7.42. The third kappa shape index (κ3) is 4.73. The summed E-state index contributed by atoms with van der Waals surface area (Å²) in [5.74, 6) is 0.0833. The minimum Gasteiger partial charge on any atom is -0.397 e. The number of anilines is 1. The highest BCUT2D eigenvalue weighted by Gasteiger charge is 2.39. The third-order valence-corrected chi connectivity index (χ3v) is 4.92. The molecule has 0 aliphatic heterocycles. The lowest BCUT2D eigenvalue weighted by Gasteiger charge is -2.15. The molecule has 0 saturated heterocycles. The molecule has 3 N–H and O–H groups in total. The van der Waals surface area contributed by atoms with Crippen LogP contribution in [0.15, 0.2) is 53.8 Å². The molecule has 10 nitrogen and oxygen atoms in total.